The molecule has 1 N–H and O–H groups in total. The molecule has 0 bridgehead atoms. The van der Waals surface area contributed by atoms with Gasteiger partial charge in [-0.2, -0.15) is 19.6 Å². The number of benzene rings is 11. The molecule has 0 radical (unpaired) electrons. The Morgan fingerprint density at radius 3 is 1.19 bits per heavy atom. The van der Waals surface area contributed by atoms with Crippen LogP contribution in [0.25, 0.3) is 210 Å². The van der Waals surface area contributed by atoms with Crippen molar-refractivity contribution >= 4 is 148 Å². The summed E-state index contributed by atoms with van der Waals surface area (Å²) in [5.74, 6) is 0.244. The fourth-order valence-corrected chi connectivity index (χ4v) is 21.0. The Morgan fingerprint density at radius 2 is 0.690 bits per heavy atom. The number of hydrogen-bond donors (Lipinski definition) is 1. The maximum atomic E-state index is 10.4. The first-order chi connectivity index (χ1) is 68.8. The standard InChI is InChI=1S/C29H27N2S.C25H20N3S.C24H15N2O.C22H13N2OS.C22H13N2S2.5Ni/c1-3-16-29(17-4-2)22-11-8-13-26(32)27(22)28-23(29)14-15-25(31-28)21-10-7-9-20(19-21)24-12-5-6-18-30-24;1-2-15-28-21-10-6-11-23(29)24(21)25-22(28)13-12-20(27-25)18-8-5-7-17(16-18)19-9-3-4-14-26-19;27-22-9-4-5-16-10-11-17-12-13-21(26-24(17)23(16)22)19-7-3-6-18(15-19)20-8-1-2-14-25-20;26-20-9-4-8-18-21(20)22-19(25-18)11-10-17(24-22)15-6-3-5-14(13-15)16-7-1-2-12-23-16;25-18-8-4-9-19-21(18)22-20(26-19)11-10-17(24-22)15-6-3-5-14(13-15)16-7-1-2-12-23-16;;;;;/h5-15,18,32H,3-4,16-17H2,1-2H3;3-14,29H,2,15H2,1H3;1-14,27H;1-12,26H;1-12,25H;;;;;/q5*-1;;4*+2/p-4. The van der Waals surface area contributed by atoms with Gasteiger partial charge in [0.15, 0.2) is 5.58 Å². The first-order valence-electron chi connectivity index (χ1n) is 46.4. The molecule has 0 amide bonds. The Kier molecular flexibility index (Phi) is 33.8. The number of furan rings is 1. The average molecular weight is 2190 g/mol. The first kappa shape index (κ1) is 104. The number of aryl methyl sites for hydroxylation is 1. The van der Waals surface area contributed by atoms with E-state index in [1.54, 1.807) is 42.2 Å². The Bertz CT molecular complexity index is 8530. The van der Waals surface area contributed by atoms with Crippen molar-refractivity contribution in [3.05, 3.63) is 418 Å². The quantitative estimate of drug-likeness (QED) is 0.0419. The zero-order chi connectivity index (χ0) is 95.2. The smallest absolute Gasteiger partial charge is 0.779 e. The van der Waals surface area contributed by atoms with Crippen molar-refractivity contribution in [1.82, 2.24) is 54.4 Å². The Morgan fingerprint density at radius 1 is 0.297 bits per heavy atom. The fraction of sp³-hybridized carbons (Fsp3) is 0.0820. The molecule has 0 saturated carbocycles. The summed E-state index contributed by atoms with van der Waals surface area (Å²) in [5.41, 5.74) is 30.5. The molecule has 1 aliphatic rings. The van der Waals surface area contributed by atoms with Crippen molar-refractivity contribution in [2.75, 3.05) is 0 Å². The van der Waals surface area contributed by atoms with Gasteiger partial charge in [0.2, 0.25) is 0 Å². The van der Waals surface area contributed by atoms with E-state index in [1.807, 2.05) is 273 Å². The summed E-state index contributed by atoms with van der Waals surface area (Å²) in [7, 11) is 0. The van der Waals surface area contributed by atoms with Gasteiger partial charge in [0, 0.05) is 143 Å². The predicted molar refractivity (Wildman–Crippen MR) is 577 cm³/mol. The molecule has 0 fully saturated rings. The number of nitrogens with zero attached hydrogens (tertiary/aromatic N) is 11. The molecule has 25 rings (SSSR count). The zero-order valence-electron chi connectivity index (χ0n) is 77.9. The van der Waals surface area contributed by atoms with Gasteiger partial charge in [-0.1, -0.05) is 271 Å². The number of aromatic nitrogens is 11. The minimum Gasteiger partial charge on any atom is -0.779 e. The minimum absolute atomic E-state index is 0. The van der Waals surface area contributed by atoms with Crippen LogP contribution in [-0.4, -0.2) is 59.5 Å². The van der Waals surface area contributed by atoms with E-state index in [1.165, 1.54) is 15.8 Å². The summed E-state index contributed by atoms with van der Waals surface area (Å²) in [6, 6.07) is 132. The Balaban J connectivity index is 0.000000129. The minimum atomic E-state index is 0. The van der Waals surface area contributed by atoms with E-state index >= 15 is 0 Å². The van der Waals surface area contributed by atoms with Crippen LogP contribution in [0.3, 0.4) is 0 Å². The number of fused-ring (bicyclic) bond motifs is 15. The maximum Gasteiger partial charge on any atom is 2.00 e. The SMILES string of the molecule is CCCC1(CCC)c2ccc(-c3[c-]c(-c4ccccn4)ccc3)nc2-c2c([S-])cccc21.CCCn1c2ccc(-c3[c-]c(-c4ccccn4)ccc3)nc2c2c([S-])cccc21.Oc1cccc2ccc3ccc(-c4[c-]c(-c5ccccn5)ccc4)nc3c12.[Ni+2].[Ni+2].[Ni+2].[Ni+2].[Ni].[S-]c1cccc2oc3ccc(-c4[c-]c(-c5ccccn5)ccc4)nc3c12.[S-]c1cccc2sc3ccc(-c4[c-]c(-c5ccccn5)ccc4)nc3c12. The van der Waals surface area contributed by atoms with E-state index in [9.17, 15) is 5.11 Å². The fourth-order valence-electron chi connectivity index (χ4n) is 18.8. The third kappa shape index (κ3) is 21.6. The number of aromatic hydroxyl groups is 1. The first-order valence-corrected chi connectivity index (χ1v) is 48.9. The van der Waals surface area contributed by atoms with Gasteiger partial charge in [0.1, 0.15) is 16.8 Å². The van der Waals surface area contributed by atoms with Crippen LogP contribution in [0, 0.1) is 30.3 Å². The molecule has 145 heavy (non-hydrogen) atoms. The summed E-state index contributed by atoms with van der Waals surface area (Å²) >= 11 is 24.2. The summed E-state index contributed by atoms with van der Waals surface area (Å²) < 4.78 is 10.5. The van der Waals surface area contributed by atoms with E-state index in [0.717, 1.165) is 263 Å². The second-order valence-corrected chi connectivity index (χ2v) is 36.8. The van der Waals surface area contributed by atoms with Gasteiger partial charge in [0.25, 0.3) is 0 Å². The molecule has 0 unspecified atom stereocenters. The van der Waals surface area contributed by atoms with Crippen molar-refractivity contribution in [2.45, 2.75) is 84.4 Å². The third-order valence-electron chi connectivity index (χ3n) is 25.0. The van der Waals surface area contributed by atoms with Gasteiger partial charge in [-0.3, -0.25) is 49.8 Å². The number of pyridine rings is 10. The number of thiophene rings is 1. The molecule has 24 aromatic rings. The second kappa shape index (κ2) is 47.1. The maximum absolute atomic E-state index is 10.4. The van der Waals surface area contributed by atoms with Gasteiger partial charge in [-0.05, 0) is 125 Å². The molecule has 11 aromatic carbocycles. The van der Waals surface area contributed by atoms with E-state index in [4.69, 9.17) is 79.9 Å². The van der Waals surface area contributed by atoms with Crippen LogP contribution in [0.2, 0.25) is 0 Å². The van der Waals surface area contributed by atoms with Crippen LogP contribution in [0.4, 0.5) is 0 Å². The molecule has 13 aromatic heterocycles. The van der Waals surface area contributed by atoms with Crippen LogP contribution in [0.5, 0.6) is 5.75 Å². The van der Waals surface area contributed by atoms with Crippen LogP contribution < -0.4 is 0 Å². The molecule has 0 spiro atoms. The Labute approximate surface area is 917 Å². The van der Waals surface area contributed by atoms with E-state index in [2.05, 4.69) is 153 Å². The molecule has 1 aliphatic carbocycles. The molecular formula is C122H84N11Ni5O2S5-. The van der Waals surface area contributed by atoms with Gasteiger partial charge >= 0.3 is 66.0 Å². The van der Waals surface area contributed by atoms with Gasteiger partial charge in [-0.15, -0.1) is 133 Å². The molecule has 23 heteroatoms. The predicted octanol–water partition coefficient (Wildman–Crippen LogP) is 30.3. The van der Waals surface area contributed by atoms with Crippen LogP contribution in [-0.2, 0) is 145 Å². The van der Waals surface area contributed by atoms with Crippen molar-refractivity contribution in [3.8, 4) is 130 Å². The summed E-state index contributed by atoms with van der Waals surface area (Å²) in [6.07, 6.45) is 14.5. The van der Waals surface area contributed by atoms with Gasteiger partial charge in [0.05, 0.1) is 32.5 Å². The molecular weight excluding hydrogens is 2110 g/mol. The van der Waals surface area contributed by atoms with E-state index in [-0.39, 0.29) is 93.6 Å². The molecule has 13 nitrogen and oxygen atoms in total. The monoisotopic (exact) mass is 2180 g/mol. The summed E-state index contributed by atoms with van der Waals surface area (Å²) in [4.78, 5) is 50.3. The molecule has 0 saturated heterocycles. The van der Waals surface area contributed by atoms with Gasteiger partial charge in [-0.25, -0.2) is 0 Å². The van der Waals surface area contributed by atoms with Crippen molar-refractivity contribution in [1.29, 1.82) is 0 Å². The average Bonchev–Trinajstić information content (AvgIpc) is 1.55. The number of phenols is 1. The third-order valence-corrected chi connectivity index (χ3v) is 27.5. The molecule has 0 aliphatic heterocycles. The topological polar surface area (TPSA) is 167 Å². The van der Waals surface area contributed by atoms with E-state index < -0.39 is 0 Å². The number of hydrogen-bond acceptors (Lipinski definition) is 17. The van der Waals surface area contributed by atoms with Crippen molar-refractivity contribution < 1.29 is 92.0 Å². The molecule has 0 atom stereocenters. The van der Waals surface area contributed by atoms with Crippen LogP contribution in [0.15, 0.2) is 401 Å². The largest absolute Gasteiger partial charge is 2.00 e. The summed E-state index contributed by atoms with van der Waals surface area (Å²) in [6.45, 7) is 7.68. The normalized spacial score (nSPS) is 11.4. The molecule has 720 valence electrons. The zero-order valence-corrected chi connectivity index (χ0v) is 87.0. The molecule has 13 heterocycles. The summed E-state index contributed by atoms with van der Waals surface area (Å²) in [5, 5.41) is 16.1. The van der Waals surface area contributed by atoms with E-state index in [0.29, 0.717) is 0 Å². The number of rotatable bonds is 16. The second-order valence-electron chi connectivity index (χ2n) is 33.9. The van der Waals surface area contributed by atoms with Crippen molar-refractivity contribution in [3.63, 3.8) is 0 Å². The van der Waals surface area contributed by atoms with Gasteiger partial charge < -0.3 is 64.6 Å². The number of phenolic OH excluding ortho intramolecular Hbond substituents is 1. The van der Waals surface area contributed by atoms with Crippen LogP contribution >= 0.6 is 11.3 Å². The Hall–Kier alpha value is -13.6. The van der Waals surface area contributed by atoms with Crippen LogP contribution in [0.1, 0.15) is 64.0 Å². The van der Waals surface area contributed by atoms with Crippen molar-refractivity contribution in [2.24, 2.45) is 0 Å².